The zero-order valence-electron chi connectivity index (χ0n) is 18.2. The van der Waals surface area contributed by atoms with Gasteiger partial charge in [-0.15, -0.1) is 11.3 Å². The summed E-state index contributed by atoms with van der Waals surface area (Å²) in [4.78, 5) is 42.0. The molecule has 0 unspecified atom stereocenters. The lowest BCUT2D eigenvalue weighted by Crippen LogP contribution is -2.41. The molecule has 2 fully saturated rings. The minimum absolute atomic E-state index is 0.0393. The molecule has 0 aliphatic carbocycles. The maximum atomic E-state index is 12.3. The number of hydrogen-bond donors (Lipinski definition) is 2. The van der Waals surface area contributed by atoms with Crippen LogP contribution in [0.4, 0.5) is 5.69 Å². The fourth-order valence-electron chi connectivity index (χ4n) is 4.27. The summed E-state index contributed by atoms with van der Waals surface area (Å²) >= 11 is 1.80. The topological polar surface area (TPSA) is 81.8 Å². The third-order valence-corrected chi connectivity index (χ3v) is 7.04. The molecule has 1 aromatic carbocycles. The van der Waals surface area contributed by atoms with E-state index in [0.717, 1.165) is 51.1 Å². The largest absolute Gasteiger partial charge is 0.354 e. The van der Waals surface area contributed by atoms with Crippen molar-refractivity contribution in [1.82, 2.24) is 15.5 Å². The molecular formula is C24H30N4O3S. The summed E-state index contributed by atoms with van der Waals surface area (Å²) in [5.41, 5.74) is 1.29. The van der Waals surface area contributed by atoms with Crippen molar-refractivity contribution in [3.8, 4) is 0 Å². The molecule has 0 bridgehead atoms. The van der Waals surface area contributed by atoms with Crippen LogP contribution in [0.25, 0.3) is 0 Å². The van der Waals surface area contributed by atoms with Crippen LogP contribution in [0.15, 0.2) is 41.8 Å². The number of piperidine rings is 1. The number of thiophene rings is 1. The molecule has 2 aliphatic heterocycles. The molecule has 8 heteroatoms. The fraction of sp³-hybridized carbons (Fsp3) is 0.458. The summed E-state index contributed by atoms with van der Waals surface area (Å²) in [5.74, 6) is 0.141. The molecule has 3 heterocycles. The number of anilines is 1. The van der Waals surface area contributed by atoms with E-state index in [2.05, 4.69) is 33.0 Å². The molecule has 0 radical (unpaired) electrons. The SMILES string of the molecule is O=C(CNC(=O)c1ccc(N2CCCC2=O)cc1)NCC1CCN(Cc2cccs2)CC1. The van der Waals surface area contributed by atoms with Gasteiger partial charge in [-0.1, -0.05) is 6.07 Å². The number of rotatable bonds is 8. The number of likely N-dealkylation sites (tertiary alicyclic amines) is 1. The number of hydrogen-bond acceptors (Lipinski definition) is 5. The van der Waals surface area contributed by atoms with Crippen LogP contribution in [0.5, 0.6) is 0 Å². The Morgan fingerprint density at radius 2 is 1.81 bits per heavy atom. The van der Waals surface area contributed by atoms with Gasteiger partial charge in [-0.3, -0.25) is 19.3 Å². The third kappa shape index (κ3) is 5.95. The van der Waals surface area contributed by atoms with E-state index in [4.69, 9.17) is 0 Å². The molecule has 2 saturated heterocycles. The van der Waals surface area contributed by atoms with E-state index in [9.17, 15) is 14.4 Å². The van der Waals surface area contributed by atoms with Crippen molar-refractivity contribution >= 4 is 34.7 Å². The maximum Gasteiger partial charge on any atom is 0.251 e. The molecule has 2 aromatic rings. The molecule has 0 spiro atoms. The lowest BCUT2D eigenvalue weighted by atomic mass is 9.97. The van der Waals surface area contributed by atoms with E-state index in [1.807, 2.05) is 0 Å². The molecule has 1 aromatic heterocycles. The van der Waals surface area contributed by atoms with E-state index >= 15 is 0 Å². The molecule has 170 valence electrons. The monoisotopic (exact) mass is 454 g/mol. The van der Waals surface area contributed by atoms with Crippen molar-refractivity contribution in [2.45, 2.75) is 32.2 Å². The second-order valence-corrected chi connectivity index (χ2v) is 9.51. The first-order valence-electron chi connectivity index (χ1n) is 11.3. The smallest absolute Gasteiger partial charge is 0.251 e. The minimum atomic E-state index is -0.290. The molecule has 7 nitrogen and oxygen atoms in total. The summed E-state index contributed by atoms with van der Waals surface area (Å²) in [6, 6.07) is 11.2. The standard InChI is InChI=1S/C24H30N4O3S/c29-22(25-15-18-9-12-27(13-10-18)17-21-3-2-14-32-21)16-26-24(31)19-5-7-20(8-6-19)28-11-1-4-23(28)30/h2-3,5-8,14,18H,1,4,9-13,15-17H2,(H,25,29)(H,26,31). The van der Waals surface area contributed by atoms with Crippen LogP contribution in [0.3, 0.4) is 0 Å². The molecular weight excluding hydrogens is 424 g/mol. The van der Waals surface area contributed by atoms with Gasteiger partial charge in [-0.05, 0) is 74.0 Å². The van der Waals surface area contributed by atoms with Gasteiger partial charge in [0.2, 0.25) is 11.8 Å². The Morgan fingerprint density at radius 1 is 1.03 bits per heavy atom. The first kappa shape index (κ1) is 22.5. The molecule has 3 amide bonds. The van der Waals surface area contributed by atoms with Gasteiger partial charge in [0, 0.05) is 42.2 Å². The van der Waals surface area contributed by atoms with E-state index in [0.29, 0.717) is 24.4 Å². The van der Waals surface area contributed by atoms with Gasteiger partial charge in [0.25, 0.3) is 5.91 Å². The highest BCUT2D eigenvalue weighted by Crippen LogP contribution is 2.22. The molecule has 32 heavy (non-hydrogen) atoms. The summed E-state index contributed by atoms with van der Waals surface area (Å²) < 4.78 is 0. The predicted molar refractivity (Wildman–Crippen MR) is 126 cm³/mol. The van der Waals surface area contributed by atoms with Crippen LogP contribution in [-0.2, 0) is 16.1 Å². The van der Waals surface area contributed by atoms with Gasteiger partial charge >= 0.3 is 0 Å². The quantitative estimate of drug-likeness (QED) is 0.643. The Bertz CT molecular complexity index is 921. The number of nitrogens with zero attached hydrogens (tertiary/aromatic N) is 2. The van der Waals surface area contributed by atoms with Crippen molar-refractivity contribution in [1.29, 1.82) is 0 Å². The summed E-state index contributed by atoms with van der Waals surface area (Å²) in [5, 5.41) is 7.75. The first-order chi connectivity index (χ1) is 15.6. The number of carbonyl (C=O) groups is 3. The van der Waals surface area contributed by atoms with Crippen LogP contribution < -0.4 is 15.5 Å². The van der Waals surface area contributed by atoms with Gasteiger partial charge < -0.3 is 15.5 Å². The van der Waals surface area contributed by atoms with Gasteiger partial charge in [0.05, 0.1) is 6.54 Å². The Labute approximate surface area is 192 Å². The van der Waals surface area contributed by atoms with E-state index in [1.165, 1.54) is 4.88 Å². The van der Waals surface area contributed by atoms with Gasteiger partial charge in [-0.2, -0.15) is 0 Å². The van der Waals surface area contributed by atoms with Crippen molar-refractivity contribution in [2.75, 3.05) is 37.6 Å². The Hall–Kier alpha value is -2.71. The number of carbonyl (C=O) groups excluding carboxylic acids is 3. The van der Waals surface area contributed by atoms with E-state index in [1.54, 1.807) is 40.5 Å². The Morgan fingerprint density at radius 3 is 2.47 bits per heavy atom. The van der Waals surface area contributed by atoms with Crippen molar-refractivity contribution in [3.63, 3.8) is 0 Å². The zero-order chi connectivity index (χ0) is 22.3. The summed E-state index contributed by atoms with van der Waals surface area (Å²) in [6.07, 6.45) is 3.59. The maximum absolute atomic E-state index is 12.3. The highest BCUT2D eigenvalue weighted by atomic mass is 32.1. The Kier molecular flexibility index (Phi) is 7.55. The van der Waals surface area contributed by atoms with Gasteiger partial charge in [0.1, 0.15) is 0 Å². The number of nitrogens with one attached hydrogen (secondary N) is 2. The molecule has 2 N–H and O–H groups in total. The average Bonchev–Trinajstić information content (AvgIpc) is 3.49. The lowest BCUT2D eigenvalue weighted by molar-refractivity contribution is -0.120. The van der Waals surface area contributed by atoms with Crippen LogP contribution in [0, 0.1) is 5.92 Å². The Balaban J connectivity index is 1.14. The van der Waals surface area contributed by atoms with Crippen LogP contribution >= 0.6 is 11.3 Å². The van der Waals surface area contributed by atoms with Gasteiger partial charge in [0.15, 0.2) is 0 Å². The first-order valence-corrected chi connectivity index (χ1v) is 12.2. The van der Waals surface area contributed by atoms with E-state index in [-0.39, 0.29) is 24.3 Å². The lowest BCUT2D eigenvalue weighted by Gasteiger charge is -2.31. The number of benzene rings is 1. The van der Waals surface area contributed by atoms with Crippen LogP contribution in [0.2, 0.25) is 0 Å². The van der Waals surface area contributed by atoms with Crippen LogP contribution in [-0.4, -0.2) is 55.3 Å². The predicted octanol–water partition coefficient (Wildman–Crippen LogP) is 2.63. The third-order valence-electron chi connectivity index (χ3n) is 6.18. The second-order valence-electron chi connectivity index (χ2n) is 8.48. The van der Waals surface area contributed by atoms with Crippen molar-refractivity contribution in [3.05, 3.63) is 52.2 Å². The molecule has 4 rings (SSSR count). The fourth-order valence-corrected chi connectivity index (χ4v) is 5.01. The second kappa shape index (κ2) is 10.7. The minimum Gasteiger partial charge on any atom is -0.354 e. The molecule has 0 saturated carbocycles. The molecule has 2 aliphatic rings. The highest BCUT2D eigenvalue weighted by molar-refractivity contribution is 7.09. The van der Waals surface area contributed by atoms with E-state index < -0.39 is 0 Å². The highest BCUT2D eigenvalue weighted by Gasteiger charge is 2.22. The van der Waals surface area contributed by atoms with Crippen LogP contribution in [0.1, 0.15) is 40.9 Å². The normalized spacial score (nSPS) is 17.5. The summed E-state index contributed by atoms with van der Waals surface area (Å²) in [7, 11) is 0. The van der Waals surface area contributed by atoms with Crippen molar-refractivity contribution < 1.29 is 14.4 Å². The van der Waals surface area contributed by atoms with Gasteiger partial charge in [-0.25, -0.2) is 0 Å². The zero-order valence-corrected chi connectivity index (χ0v) is 19.0. The van der Waals surface area contributed by atoms with Crippen molar-refractivity contribution in [2.24, 2.45) is 5.92 Å². The number of amides is 3. The average molecular weight is 455 g/mol. The molecule has 0 atom stereocenters. The summed E-state index contributed by atoms with van der Waals surface area (Å²) in [6.45, 7) is 4.45.